The molecule has 0 saturated carbocycles. The van der Waals surface area contributed by atoms with Crippen LogP contribution in [0.2, 0.25) is 0 Å². The molecule has 2 fully saturated rings. The van der Waals surface area contributed by atoms with Crippen LogP contribution in [-0.4, -0.2) is 61.4 Å². The molecule has 2 heterocycles. The van der Waals surface area contributed by atoms with Crippen molar-refractivity contribution in [3.05, 3.63) is 70.8 Å². The second-order valence-corrected chi connectivity index (χ2v) is 10.6. The van der Waals surface area contributed by atoms with Crippen LogP contribution in [0.5, 0.6) is 0 Å². The minimum atomic E-state index is -0.218. The molecular weight excluding hydrogens is 484 g/mol. The molecular formula is C26H29BrN2O4. The minimum Gasteiger partial charge on any atom is -0.453 e. The molecule has 0 bridgehead atoms. The molecule has 2 saturated heterocycles. The molecule has 4 aliphatic rings. The Hall–Kier alpha value is -2.54. The number of ether oxygens (including phenoxy) is 2. The van der Waals surface area contributed by atoms with Gasteiger partial charge in [0.2, 0.25) is 0 Å². The Morgan fingerprint density at radius 1 is 0.909 bits per heavy atom. The highest BCUT2D eigenvalue weighted by Gasteiger charge is 2.53. The number of fused-ring (bicyclic) bond motifs is 6. The Morgan fingerprint density at radius 3 is 2.33 bits per heavy atom. The summed E-state index contributed by atoms with van der Waals surface area (Å²) in [4.78, 5) is 27.1. The van der Waals surface area contributed by atoms with Crippen molar-refractivity contribution < 1.29 is 19.1 Å². The van der Waals surface area contributed by atoms with Gasteiger partial charge >= 0.3 is 12.2 Å². The first kappa shape index (κ1) is 22.3. The topological polar surface area (TPSA) is 59.1 Å². The number of halogens is 1. The van der Waals surface area contributed by atoms with Gasteiger partial charge in [-0.2, -0.15) is 0 Å². The fourth-order valence-corrected chi connectivity index (χ4v) is 7.18. The molecule has 174 valence electrons. The van der Waals surface area contributed by atoms with Gasteiger partial charge in [0, 0.05) is 25.0 Å². The minimum absolute atomic E-state index is 0.0716. The highest BCUT2D eigenvalue weighted by Crippen LogP contribution is 2.52. The third kappa shape index (κ3) is 3.61. The van der Waals surface area contributed by atoms with Crippen molar-refractivity contribution in [3.63, 3.8) is 0 Å². The van der Waals surface area contributed by atoms with Crippen molar-refractivity contribution in [3.8, 4) is 0 Å². The van der Waals surface area contributed by atoms with E-state index < -0.39 is 0 Å². The van der Waals surface area contributed by atoms with Gasteiger partial charge in [-0.1, -0.05) is 64.5 Å². The highest BCUT2D eigenvalue weighted by molar-refractivity contribution is 9.09. The van der Waals surface area contributed by atoms with E-state index in [4.69, 9.17) is 9.47 Å². The smallest absolute Gasteiger partial charge is 0.409 e. The number of carbonyl (C=O) groups excluding carboxylic acids is 2. The lowest BCUT2D eigenvalue weighted by Crippen LogP contribution is -2.40. The molecule has 2 amide bonds. The van der Waals surface area contributed by atoms with Crippen LogP contribution in [0.3, 0.4) is 0 Å². The number of likely N-dealkylation sites (tertiary alicyclic amines) is 2. The van der Waals surface area contributed by atoms with Crippen molar-refractivity contribution in [2.24, 2.45) is 0 Å². The van der Waals surface area contributed by atoms with E-state index in [1.807, 2.05) is 9.80 Å². The summed E-state index contributed by atoms with van der Waals surface area (Å²) in [6, 6.07) is 17.5. The number of methoxy groups -OCH3 is 2. The Balaban J connectivity index is 0.000000139. The molecule has 2 aliphatic carbocycles. The first-order valence-corrected chi connectivity index (χ1v) is 12.3. The maximum absolute atomic E-state index is 11.7. The van der Waals surface area contributed by atoms with Gasteiger partial charge in [0.1, 0.15) is 0 Å². The summed E-state index contributed by atoms with van der Waals surface area (Å²) >= 11 is 3.86. The number of benzene rings is 2. The average molecular weight is 513 g/mol. The van der Waals surface area contributed by atoms with Crippen molar-refractivity contribution in [2.45, 2.75) is 48.0 Å². The van der Waals surface area contributed by atoms with Crippen LogP contribution in [0.25, 0.3) is 0 Å². The maximum Gasteiger partial charge on any atom is 0.409 e. The number of hydrogen-bond acceptors (Lipinski definition) is 4. The summed E-state index contributed by atoms with van der Waals surface area (Å²) in [6.07, 6.45) is 3.51. The lowest BCUT2D eigenvalue weighted by molar-refractivity contribution is 0.117. The SMILES string of the molecule is COC(=O)N1CC[C@@H]2c3ccccc3C[C@@H]21.COC(=O)N1CC[C@]2(Br)c3ccccc3C[C@H]12. The predicted octanol–water partition coefficient (Wildman–Crippen LogP) is 4.84. The average Bonchev–Trinajstić information content (AvgIpc) is 3.57. The molecule has 2 aromatic carbocycles. The van der Waals surface area contributed by atoms with Gasteiger partial charge in [0.25, 0.3) is 0 Å². The monoisotopic (exact) mass is 512 g/mol. The van der Waals surface area contributed by atoms with Gasteiger partial charge in [-0.25, -0.2) is 9.59 Å². The second kappa shape index (κ2) is 8.67. The molecule has 0 spiro atoms. The van der Waals surface area contributed by atoms with E-state index in [-0.39, 0.29) is 22.6 Å². The molecule has 4 atom stereocenters. The number of rotatable bonds is 0. The third-order valence-electron chi connectivity index (χ3n) is 7.75. The van der Waals surface area contributed by atoms with Crippen molar-refractivity contribution in [1.82, 2.24) is 9.80 Å². The number of alkyl halides is 1. The van der Waals surface area contributed by atoms with Crippen LogP contribution in [0.1, 0.15) is 41.0 Å². The number of amides is 2. The molecule has 0 radical (unpaired) electrons. The summed E-state index contributed by atoms with van der Waals surface area (Å²) in [7, 11) is 2.90. The van der Waals surface area contributed by atoms with E-state index in [9.17, 15) is 9.59 Å². The predicted molar refractivity (Wildman–Crippen MR) is 129 cm³/mol. The molecule has 6 rings (SSSR count). The zero-order valence-corrected chi connectivity index (χ0v) is 20.6. The van der Waals surface area contributed by atoms with E-state index in [2.05, 4.69) is 64.5 Å². The first-order valence-electron chi connectivity index (χ1n) is 11.5. The van der Waals surface area contributed by atoms with Gasteiger partial charge in [0.15, 0.2) is 0 Å². The van der Waals surface area contributed by atoms with Gasteiger partial charge < -0.3 is 19.3 Å². The maximum atomic E-state index is 11.7. The largest absolute Gasteiger partial charge is 0.453 e. The summed E-state index contributed by atoms with van der Waals surface area (Å²) in [6.45, 7) is 1.59. The van der Waals surface area contributed by atoms with E-state index in [1.165, 1.54) is 36.5 Å². The summed E-state index contributed by atoms with van der Waals surface area (Å²) in [5, 5.41) is 0. The number of hydrogen-bond donors (Lipinski definition) is 0. The number of carbonyl (C=O) groups is 2. The summed E-state index contributed by atoms with van der Waals surface area (Å²) in [5.74, 6) is 0.523. The molecule has 0 N–H and O–H groups in total. The van der Waals surface area contributed by atoms with Crippen molar-refractivity contribution >= 4 is 28.1 Å². The first-order chi connectivity index (χ1) is 16.0. The van der Waals surface area contributed by atoms with Crippen molar-refractivity contribution in [1.29, 1.82) is 0 Å². The van der Waals surface area contributed by atoms with Gasteiger partial charge in [-0.3, -0.25) is 0 Å². The molecule has 0 aromatic heterocycles. The molecule has 2 aliphatic heterocycles. The van der Waals surface area contributed by atoms with E-state index in [1.54, 1.807) is 0 Å². The molecule has 7 heteroatoms. The van der Waals surface area contributed by atoms with Crippen molar-refractivity contribution in [2.75, 3.05) is 27.3 Å². The summed E-state index contributed by atoms with van der Waals surface area (Å²) < 4.78 is 9.61. The number of nitrogens with zero attached hydrogens (tertiary/aromatic N) is 2. The lowest BCUT2D eigenvalue weighted by Gasteiger charge is -2.27. The van der Waals surface area contributed by atoms with E-state index in [0.717, 1.165) is 38.8 Å². The van der Waals surface area contributed by atoms with Crippen LogP contribution < -0.4 is 0 Å². The van der Waals surface area contributed by atoms with Crippen LogP contribution in [-0.2, 0) is 26.6 Å². The fourth-order valence-electron chi connectivity index (χ4n) is 6.21. The second-order valence-electron chi connectivity index (χ2n) is 9.18. The summed E-state index contributed by atoms with van der Waals surface area (Å²) in [5.41, 5.74) is 5.49. The Morgan fingerprint density at radius 2 is 1.58 bits per heavy atom. The Bertz CT molecular complexity index is 1080. The lowest BCUT2D eigenvalue weighted by atomic mass is 9.98. The normalized spacial score (nSPS) is 28.3. The molecule has 0 unspecified atom stereocenters. The Labute approximate surface area is 203 Å². The van der Waals surface area contributed by atoms with Crippen LogP contribution in [0.15, 0.2) is 48.5 Å². The zero-order chi connectivity index (χ0) is 23.2. The molecule has 33 heavy (non-hydrogen) atoms. The van der Waals surface area contributed by atoms with Crippen LogP contribution in [0, 0.1) is 0 Å². The highest BCUT2D eigenvalue weighted by atomic mass is 79.9. The third-order valence-corrected chi connectivity index (χ3v) is 9.10. The van der Waals surface area contributed by atoms with E-state index in [0.29, 0.717) is 12.0 Å². The Kier molecular flexibility index (Phi) is 5.85. The van der Waals surface area contributed by atoms with Gasteiger partial charge in [-0.15, -0.1) is 0 Å². The fraction of sp³-hybridized carbons (Fsp3) is 0.462. The van der Waals surface area contributed by atoms with Crippen LogP contribution >= 0.6 is 15.9 Å². The van der Waals surface area contributed by atoms with Gasteiger partial charge in [-0.05, 0) is 47.9 Å². The quantitative estimate of drug-likeness (QED) is 0.473. The van der Waals surface area contributed by atoms with E-state index >= 15 is 0 Å². The van der Waals surface area contributed by atoms with Crippen LogP contribution in [0.4, 0.5) is 9.59 Å². The zero-order valence-electron chi connectivity index (χ0n) is 19.0. The standard InChI is InChI=1S/C13H14BrNO2.C13H15NO2/c1-17-12(16)15-7-6-13(14)10-5-3-2-4-9(10)8-11(13)15;1-16-13(15)14-7-6-11-10-5-3-2-4-9(10)8-12(11)14/h2-5,11H,6-8H2,1H3;2-5,11-12H,6-8H2,1H3/t11-,13-;11-,12+/m01/s1. The molecule has 2 aromatic rings. The molecule has 6 nitrogen and oxygen atoms in total. The van der Waals surface area contributed by atoms with Gasteiger partial charge in [0.05, 0.1) is 24.6 Å².